The minimum atomic E-state index is -0.826. The van der Waals surface area contributed by atoms with Gasteiger partial charge >= 0.3 is 12.2 Å². The molecule has 0 radical (unpaired) electrons. The molecule has 2 aliphatic rings. The molecule has 1 aromatic carbocycles. The molecule has 0 spiro atoms. The van der Waals surface area contributed by atoms with E-state index in [0.29, 0.717) is 5.69 Å². The number of hydrogen-bond donors (Lipinski definition) is 1. The van der Waals surface area contributed by atoms with Crippen molar-refractivity contribution in [3.63, 3.8) is 0 Å². The standard InChI is InChI=1S/C22H28F2N6O5/c1-22(2,3)35-20(32)28-6-4-27(5-7-28)19-17(23)8-15(9-18(19)24)30-16(13-34-21(30)33)11-29-10-14(12-31)25-26-29/h8-10,16,31H,4-7,11-13H2,1-3H3. The summed E-state index contributed by atoms with van der Waals surface area (Å²) in [4.78, 5) is 28.8. The number of piperazine rings is 1. The van der Waals surface area contributed by atoms with Crippen LogP contribution in [0.2, 0.25) is 0 Å². The largest absolute Gasteiger partial charge is 0.447 e. The molecule has 2 saturated heterocycles. The number of aromatic nitrogens is 3. The first-order chi connectivity index (χ1) is 16.6. The quantitative estimate of drug-likeness (QED) is 0.673. The number of rotatable bonds is 5. The highest BCUT2D eigenvalue weighted by molar-refractivity contribution is 5.90. The van der Waals surface area contributed by atoms with Crippen molar-refractivity contribution in [1.29, 1.82) is 0 Å². The fourth-order valence-electron chi connectivity index (χ4n) is 4.06. The van der Waals surface area contributed by atoms with E-state index in [1.54, 1.807) is 20.8 Å². The third kappa shape index (κ3) is 5.45. The molecule has 11 nitrogen and oxygen atoms in total. The zero-order valence-corrected chi connectivity index (χ0v) is 19.8. The van der Waals surface area contributed by atoms with E-state index in [9.17, 15) is 9.59 Å². The molecule has 2 aromatic rings. The number of nitrogens with zero attached hydrogens (tertiary/aromatic N) is 6. The molecular weight excluding hydrogens is 466 g/mol. The van der Waals surface area contributed by atoms with Crippen LogP contribution in [0.4, 0.5) is 29.7 Å². The lowest BCUT2D eigenvalue weighted by atomic mass is 10.1. The Bertz CT molecular complexity index is 1070. The molecule has 1 aromatic heterocycles. The van der Waals surface area contributed by atoms with E-state index in [1.165, 1.54) is 25.6 Å². The van der Waals surface area contributed by atoms with E-state index in [4.69, 9.17) is 14.6 Å². The molecule has 190 valence electrons. The number of benzene rings is 1. The van der Waals surface area contributed by atoms with Crippen LogP contribution in [0.25, 0.3) is 0 Å². The maximum absolute atomic E-state index is 15.1. The fourth-order valence-corrected chi connectivity index (χ4v) is 4.06. The summed E-state index contributed by atoms with van der Waals surface area (Å²) in [5, 5.41) is 16.8. The second-order valence-electron chi connectivity index (χ2n) is 9.40. The van der Waals surface area contributed by atoms with Crippen molar-refractivity contribution in [2.45, 2.75) is 45.6 Å². The third-order valence-corrected chi connectivity index (χ3v) is 5.63. The normalized spacial score (nSPS) is 18.7. The molecule has 4 rings (SSSR count). The number of amides is 2. The van der Waals surface area contributed by atoms with Crippen LogP contribution in [0.3, 0.4) is 0 Å². The zero-order valence-electron chi connectivity index (χ0n) is 19.8. The van der Waals surface area contributed by atoms with Gasteiger partial charge in [0.15, 0.2) is 11.6 Å². The maximum atomic E-state index is 15.1. The van der Waals surface area contributed by atoms with Gasteiger partial charge in [-0.05, 0) is 20.8 Å². The van der Waals surface area contributed by atoms with E-state index in [1.807, 2.05) is 0 Å². The molecule has 2 aliphatic heterocycles. The molecule has 35 heavy (non-hydrogen) atoms. The molecule has 1 N–H and O–H groups in total. The summed E-state index contributed by atoms with van der Waals surface area (Å²) in [5.74, 6) is -1.65. The lowest BCUT2D eigenvalue weighted by Gasteiger charge is -2.37. The Hall–Kier alpha value is -3.48. The van der Waals surface area contributed by atoms with Crippen molar-refractivity contribution in [2.24, 2.45) is 0 Å². The van der Waals surface area contributed by atoms with Gasteiger partial charge in [-0.2, -0.15) is 0 Å². The van der Waals surface area contributed by atoms with Crippen LogP contribution >= 0.6 is 0 Å². The molecule has 0 aliphatic carbocycles. The molecule has 2 fully saturated rings. The van der Waals surface area contributed by atoms with Gasteiger partial charge in [-0.25, -0.2) is 23.1 Å². The van der Waals surface area contributed by atoms with Gasteiger partial charge in [-0.1, -0.05) is 5.21 Å². The number of ether oxygens (including phenoxy) is 2. The average molecular weight is 494 g/mol. The summed E-state index contributed by atoms with van der Waals surface area (Å²) in [7, 11) is 0. The van der Waals surface area contributed by atoms with Gasteiger partial charge in [0.2, 0.25) is 0 Å². The average Bonchev–Trinajstić information content (AvgIpc) is 3.39. The van der Waals surface area contributed by atoms with Crippen molar-refractivity contribution in [2.75, 3.05) is 42.6 Å². The smallest absolute Gasteiger partial charge is 0.414 e. The van der Waals surface area contributed by atoms with Crippen molar-refractivity contribution in [3.8, 4) is 0 Å². The van der Waals surface area contributed by atoms with Gasteiger partial charge in [0.05, 0.1) is 31.1 Å². The second-order valence-corrected chi connectivity index (χ2v) is 9.40. The van der Waals surface area contributed by atoms with Gasteiger partial charge in [0, 0.05) is 38.3 Å². The Labute approximate surface area is 200 Å². The van der Waals surface area contributed by atoms with Gasteiger partial charge < -0.3 is 24.4 Å². The van der Waals surface area contributed by atoms with Crippen LogP contribution in [0, 0.1) is 11.6 Å². The molecular formula is C22H28F2N6O5. The topological polar surface area (TPSA) is 113 Å². The van der Waals surface area contributed by atoms with E-state index in [0.717, 1.165) is 12.1 Å². The SMILES string of the molecule is CC(C)(C)OC(=O)N1CCN(c2c(F)cc(N3C(=O)OCC3Cn3cc(CO)nn3)cc2F)CC1. The predicted molar refractivity (Wildman–Crippen MR) is 120 cm³/mol. The fraction of sp³-hybridized carbons (Fsp3) is 0.545. The highest BCUT2D eigenvalue weighted by Crippen LogP contribution is 2.32. The summed E-state index contributed by atoms with van der Waals surface area (Å²) in [5.41, 5.74) is -0.474. The Morgan fingerprint density at radius 1 is 1.20 bits per heavy atom. The van der Waals surface area contributed by atoms with Gasteiger partial charge in [0.25, 0.3) is 0 Å². The monoisotopic (exact) mass is 494 g/mol. The third-order valence-electron chi connectivity index (χ3n) is 5.63. The number of aliphatic hydroxyl groups excluding tert-OH is 1. The minimum Gasteiger partial charge on any atom is -0.447 e. The highest BCUT2D eigenvalue weighted by atomic mass is 19.1. The Kier molecular flexibility index (Phi) is 6.79. The first kappa shape index (κ1) is 24.6. The van der Waals surface area contributed by atoms with Crippen LogP contribution in [-0.2, 0) is 22.6 Å². The number of carbonyl (C=O) groups is 2. The maximum Gasteiger partial charge on any atom is 0.414 e. The molecule has 3 heterocycles. The van der Waals surface area contributed by atoms with Crippen molar-refractivity contribution in [3.05, 3.63) is 35.7 Å². The highest BCUT2D eigenvalue weighted by Gasteiger charge is 2.36. The number of halogens is 2. The molecule has 1 unspecified atom stereocenters. The Morgan fingerprint density at radius 3 is 2.43 bits per heavy atom. The summed E-state index contributed by atoms with van der Waals surface area (Å²) in [6.07, 6.45) is 0.322. The van der Waals surface area contributed by atoms with Gasteiger partial charge in [0.1, 0.15) is 23.6 Å². The summed E-state index contributed by atoms with van der Waals surface area (Å²) in [6.45, 7) is 6.15. The van der Waals surface area contributed by atoms with Crippen molar-refractivity contribution < 1.29 is 33.0 Å². The lowest BCUT2D eigenvalue weighted by molar-refractivity contribution is 0.0240. The number of cyclic esters (lactones) is 1. The van der Waals surface area contributed by atoms with Crippen molar-refractivity contribution in [1.82, 2.24) is 19.9 Å². The van der Waals surface area contributed by atoms with Crippen LogP contribution in [0.1, 0.15) is 26.5 Å². The molecule has 0 saturated carbocycles. The number of aliphatic hydroxyl groups is 1. The lowest BCUT2D eigenvalue weighted by Crippen LogP contribution is -2.50. The predicted octanol–water partition coefficient (Wildman–Crippen LogP) is 2.13. The van der Waals surface area contributed by atoms with Crippen LogP contribution < -0.4 is 9.80 Å². The summed E-state index contributed by atoms with van der Waals surface area (Å²) < 4.78 is 42.2. The van der Waals surface area contributed by atoms with E-state index < -0.39 is 35.5 Å². The number of carbonyl (C=O) groups excluding carboxylic acids is 2. The molecule has 2 amide bonds. The first-order valence-electron chi connectivity index (χ1n) is 11.2. The zero-order chi connectivity index (χ0) is 25.3. The Morgan fingerprint density at radius 2 is 1.86 bits per heavy atom. The van der Waals surface area contributed by atoms with Gasteiger partial charge in [-0.3, -0.25) is 4.90 Å². The first-order valence-corrected chi connectivity index (χ1v) is 11.2. The van der Waals surface area contributed by atoms with E-state index in [2.05, 4.69) is 10.3 Å². The van der Waals surface area contributed by atoms with Crippen LogP contribution in [-0.4, -0.2) is 81.6 Å². The summed E-state index contributed by atoms with van der Waals surface area (Å²) in [6, 6.07) is 1.62. The van der Waals surface area contributed by atoms with E-state index in [-0.39, 0.29) is 57.3 Å². The van der Waals surface area contributed by atoms with Gasteiger partial charge in [-0.15, -0.1) is 5.10 Å². The second kappa shape index (κ2) is 9.64. The van der Waals surface area contributed by atoms with Crippen LogP contribution in [0.5, 0.6) is 0 Å². The Balaban J connectivity index is 1.47. The van der Waals surface area contributed by atoms with Crippen LogP contribution in [0.15, 0.2) is 18.3 Å². The van der Waals surface area contributed by atoms with E-state index >= 15 is 8.78 Å². The summed E-state index contributed by atoms with van der Waals surface area (Å²) >= 11 is 0. The molecule has 0 bridgehead atoms. The molecule has 1 atom stereocenters. The number of hydrogen-bond acceptors (Lipinski definition) is 8. The minimum absolute atomic E-state index is 0.00473. The molecule has 13 heteroatoms. The number of anilines is 2. The van der Waals surface area contributed by atoms with Crippen molar-refractivity contribution >= 4 is 23.6 Å².